The molecule has 0 unspecified atom stereocenters. The summed E-state index contributed by atoms with van der Waals surface area (Å²) < 4.78 is 11.0. The van der Waals surface area contributed by atoms with E-state index in [1.54, 1.807) is 31.2 Å². The average molecular weight is 438 g/mol. The highest BCUT2D eigenvalue weighted by molar-refractivity contribution is 14.1. The molecule has 2 rings (SSSR count). The van der Waals surface area contributed by atoms with E-state index in [1.807, 2.05) is 28.7 Å². The summed E-state index contributed by atoms with van der Waals surface area (Å²) in [5.74, 6) is 0.438. The number of furan rings is 1. The second kappa shape index (κ2) is 8.40. The third-order valence-electron chi connectivity index (χ3n) is 3.03. The highest BCUT2D eigenvalue weighted by atomic mass is 127. The van der Waals surface area contributed by atoms with Crippen LogP contribution in [0.3, 0.4) is 0 Å². The number of nitrogens with one attached hydrogen (secondary N) is 1. The van der Waals surface area contributed by atoms with Crippen LogP contribution < -0.4 is 10.1 Å². The molecule has 0 radical (unpaired) electrons. The van der Waals surface area contributed by atoms with Gasteiger partial charge in [0.15, 0.2) is 11.5 Å². The molecule has 0 bridgehead atoms. The molecule has 0 aliphatic carbocycles. The monoisotopic (exact) mass is 438 g/mol. The zero-order valence-electron chi connectivity index (χ0n) is 12.9. The maximum Gasteiger partial charge on any atom is 0.262 e. The van der Waals surface area contributed by atoms with Gasteiger partial charge < -0.3 is 19.6 Å². The van der Waals surface area contributed by atoms with Gasteiger partial charge >= 0.3 is 0 Å². The van der Waals surface area contributed by atoms with Crippen LogP contribution in [0.2, 0.25) is 0 Å². The lowest BCUT2D eigenvalue weighted by Crippen LogP contribution is -2.23. The van der Waals surface area contributed by atoms with Crippen LogP contribution in [0.5, 0.6) is 11.5 Å². The van der Waals surface area contributed by atoms with Crippen molar-refractivity contribution in [2.24, 2.45) is 0 Å². The molecule has 1 amide bonds. The van der Waals surface area contributed by atoms with Gasteiger partial charge in [0.05, 0.1) is 23.0 Å². The number of hydrogen-bond acceptors (Lipinski definition) is 5. The summed E-state index contributed by atoms with van der Waals surface area (Å²) in [7, 11) is 0. The summed E-state index contributed by atoms with van der Waals surface area (Å²) in [6.07, 6.45) is 2.96. The van der Waals surface area contributed by atoms with Crippen molar-refractivity contribution in [1.29, 1.82) is 5.26 Å². The Hall–Kier alpha value is -2.47. The van der Waals surface area contributed by atoms with E-state index in [0.29, 0.717) is 27.3 Å². The predicted octanol–water partition coefficient (Wildman–Crippen LogP) is 3.21. The fourth-order valence-electron chi connectivity index (χ4n) is 1.93. The Morgan fingerprint density at radius 3 is 2.96 bits per heavy atom. The lowest BCUT2D eigenvalue weighted by molar-refractivity contribution is -0.117. The third kappa shape index (κ3) is 4.52. The van der Waals surface area contributed by atoms with Crippen molar-refractivity contribution in [2.75, 3.05) is 6.61 Å². The number of aromatic hydroxyl groups is 1. The molecule has 0 aliphatic rings. The average Bonchev–Trinajstić information content (AvgIpc) is 3.08. The second-order valence-corrected chi connectivity index (χ2v) is 5.88. The SMILES string of the molecule is CCOc1cc(/C=C(\C#N)C(=O)NCc2ccco2)cc(I)c1O. The Kier molecular flexibility index (Phi) is 6.26. The van der Waals surface area contributed by atoms with Crippen LogP contribution in [0, 0.1) is 14.9 Å². The van der Waals surface area contributed by atoms with E-state index in [2.05, 4.69) is 5.32 Å². The van der Waals surface area contributed by atoms with Crippen molar-refractivity contribution in [3.05, 3.63) is 51.0 Å². The van der Waals surface area contributed by atoms with Crippen molar-refractivity contribution in [1.82, 2.24) is 5.32 Å². The molecular weight excluding hydrogens is 423 g/mol. The molecule has 6 nitrogen and oxygen atoms in total. The number of halogens is 1. The molecule has 0 spiro atoms. The zero-order valence-corrected chi connectivity index (χ0v) is 15.0. The Labute approximate surface area is 152 Å². The number of rotatable bonds is 6. The van der Waals surface area contributed by atoms with Crippen molar-refractivity contribution < 1.29 is 19.1 Å². The maximum atomic E-state index is 12.1. The molecule has 24 heavy (non-hydrogen) atoms. The molecule has 2 N–H and O–H groups in total. The van der Waals surface area contributed by atoms with E-state index in [1.165, 1.54) is 12.3 Å². The number of amides is 1. The van der Waals surface area contributed by atoms with Gasteiger partial charge in [-0.05, 0) is 65.4 Å². The second-order valence-electron chi connectivity index (χ2n) is 4.71. The molecule has 7 heteroatoms. The van der Waals surface area contributed by atoms with E-state index in [0.717, 1.165) is 0 Å². The van der Waals surface area contributed by atoms with Crippen molar-refractivity contribution in [3.8, 4) is 17.6 Å². The zero-order chi connectivity index (χ0) is 17.5. The first-order chi connectivity index (χ1) is 11.5. The van der Waals surface area contributed by atoms with Gasteiger partial charge in [-0.2, -0.15) is 5.26 Å². The standard InChI is InChI=1S/C17H15IN2O4/c1-2-23-15-8-11(7-14(18)16(15)21)6-12(9-19)17(22)20-10-13-4-3-5-24-13/h3-8,21H,2,10H2,1H3,(H,20,22)/b12-6+. The number of nitrogens with zero attached hydrogens (tertiary/aromatic N) is 1. The lowest BCUT2D eigenvalue weighted by Gasteiger charge is -2.09. The number of benzene rings is 1. The summed E-state index contributed by atoms with van der Waals surface area (Å²) in [6, 6.07) is 8.57. The van der Waals surface area contributed by atoms with Gasteiger partial charge in [0.2, 0.25) is 0 Å². The van der Waals surface area contributed by atoms with Crippen LogP contribution in [-0.4, -0.2) is 17.6 Å². The van der Waals surface area contributed by atoms with Gasteiger partial charge in [0, 0.05) is 0 Å². The molecule has 0 atom stereocenters. The van der Waals surface area contributed by atoms with Crippen LogP contribution in [0.25, 0.3) is 6.08 Å². The quantitative estimate of drug-likeness (QED) is 0.410. The molecule has 2 aromatic rings. The Morgan fingerprint density at radius 1 is 1.54 bits per heavy atom. The van der Waals surface area contributed by atoms with Crippen molar-refractivity contribution >= 4 is 34.6 Å². The molecule has 124 valence electrons. The van der Waals surface area contributed by atoms with E-state index < -0.39 is 5.91 Å². The molecule has 0 saturated carbocycles. The lowest BCUT2D eigenvalue weighted by atomic mass is 10.1. The minimum Gasteiger partial charge on any atom is -0.504 e. The van der Waals surface area contributed by atoms with Crippen LogP contribution in [0.1, 0.15) is 18.2 Å². The molecule has 0 aliphatic heterocycles. The molecular formula is C17H15IN2O4. The smallest absolute Gasteiger partial charge is 0.262 e. The van der Waals surface area contributed by atoms with Gasteiger partial charge in [-0.15, -0.1) is 0 Å². The Bertz CT molecular complexity index is 792. The number of carbonyl (C=O) groups is 1. The van der Waals surface area contributed by atoms with Crippen molar-refractivity contribution in [2.45, 2.75) is 13.5 Å². The van der Waals surface area contributed by atoms with E-state index in [9.17, 15) is 15.2 Å². The first-order valence-electron chi connectivity index (χ1n) is 7.12. The van der Waals surface area contributed by atoms with E-state index in [4.69, 9.17) is 9.15 Å². The highest BCUT2D eigenvalue weighted by Crippen LogP contribution is 2.33. The van der Waals surface area contributed by atoms with Gasteiger partial charge in [0.1, 0.15) is 17.4 Å². The summed E-state index contributed by atoms with van der Waals surface area (Å²) in [5.41, 5.74) is 0.538. The minimum absolute atomic E-state index is 0.0374. The van der Waals surface area contributed by atoms with Crippen LogP contribution in [0.15, 0.2) is 40.5 Å². The molecule has 1 aromatic heterocycles. The van der Waals surface area contributed by atoms with E-state index >= 15 is 0 Å². The number of phenols is 1. The molecule has 0 saturated heterocycles. The number of hydrogen-bond donors (Lipinski definition) is 2. The third-order valence-corrected chi connectivity index (χ3v) is 3.85. The fraction of sp³-hybridized carbons (Fsp3) is 0.176. The summed E-state index contributed by atoms with van der Waals surface area (Å²) in [6.45, 7) is 2.39. The molecule has 1 aromatic carbocycles. The summed E-state index contributed by atoms with van der Waals surface area (Å²) in [4.78, 5) is 12.1. The van der Waals surface area contributed by atoms with E-state index in [-0.39, 0.29) is 17.9 Å². The van der Waals surface area contributed by atoms with Gasteiger partial charge in [-0.3, -0.25) is 4.79 Å². The maximum absolute atomic E-state index is 12.1. The normalized spacial score (nSPS) is 11.0. The Balaban J connectivity index is 2.20. The number of phenolic OH excluding ortho intramolecular Hbond substituents is 1. The largest absolute Gasteiger partial charge is 0.504 e. The first-order valence-corrected chi connectivity index (χ1v) is 8.20. The van der Waals surface area contributed by atoms with Crippen LogP contribution in [0.4, 0.5) is 0 Å². The molecule has 0 fully saturated rings. The number of carbonyl (C=O) groups excluding carboxylic acids is 1. The van der Waals surface area contributed by atoms with Gasteiger partial charge in [0.25, 0.3) is 5.91 Å². The minimum atomic E-state index is -0.505. The summed E-state index contributed by atoms with van der Waals surface area (Å²) in [5, 5.41) is 21.8. The molecule has 1 heterocycles. The first kappa shape index (κ1) is 17.9. The van der Waals surface area contributed by atoms with Crippen molar-refractivity contribution in [3.63, 3.8) is 0 Å². The van der Waals surface area contributed by atoms with Gasteiger partial charge in [-0.25, -0.2) is 0 Å². The number of nitriles is 1. The predicted molar refractivity (Wildman–Crippen MR) is 96.1 cm³/mol. The van der Waals surface area contributed by atoms with Crippen LogP contribution in [-0.2, 0) is 11.3 Å². The fourth-order valence-corrected chi connectivity index (χ4v) is 2.56. The van der Waals surface area contributed by atoms with Gasteiger partial charge in [-0.1, -0.05) is 0 Å². The Morgan fingerprint density at radius 2 is 2.33 bits per heavy atom. The topological polar surface area (TPSA) is 95.5 Å². The summed E-state index contributed by atoms with van der Waals surface area (Å²) >= 11 is 1.96. The number of ether oxygens (including phenoxy) is 1. The van der Waals surface area contributed by atoms with Crippen LogP contribution >= 0.6 is 22.6 Å². The highest BCUT2D eigenvalue weighted by Gasteiger charge is 2.12.